The van der Waals surface area contributed by atoms with Crippen molar-refractivity contribution in [2.24, 2.45) is 0 Å². The maximum atomic E-state index is 12.4. The number of carbonyl (C=O) groups excluding carboxylic acids is 2. The lowest BCUT2D eigenvalue weighted by atomic mass is 10.1. The maximum Gasteiger partial charge on any atom is 0.251 e. The summed E-state index contributed by atoms with van der Waals surface area (Å²) in [6.45, 7) is -0.187. The number of rotatable bonds is 4. The van der Waals surface area contributed by atoms with Crippen molar-refractivity contribution in [2.45, 2.75) is 10.9 Å². The minimum Gasteiger partial charge on any atom is -0.394 e. The van der Waals surface area contributed by atoms with E-state index in [1.54, 1.807) is 12.1 Å². The number of hydrogen-bond donors (Lipinski definition) is 3. The number of amides is 2. The Labute approximate surface area is 138 Å². The van der Waals surface area contributed by atoms with Crippen LogP contribution < -0.4 is 10.6 Å². The Balaban J connectivity index is 1.78. The molecule has 6 heteroatoms. The normalized spacial score (nSPS) is 14.6. The van der Waals surface area contributed by atoms with Crippen molar-refractivity contribution >= 4 is 29.3 Å². The molecule has 2 amide bonds. The van der Waals surface area contributed by atoms with Crippen molar-refractivity contribution in [2.75, 3.05) is 17.7 Å². The average molecular weight is 328 g/mol. The van der Waals surface area contributed by atoms with Gasteiger partial charge < -0.3 is 15.7 Å². The Morgan fingerprint density at radius 2 is 2.04 bits per heavy atom. The lowest BCUT2D eigenvalue weighted by Gasteiger charge is -2.19. The molecule has 0 radical (unpaired) electrons. The molecular weight excluding hydrogens is 312 g/mol. The number of anilines is 1. The summed E-state index contributed by atoms with van der Waals surface area (Å²) in [5.74, 6) is 0.0252. The smallest absolute Gasteiger partial charge is 0.251 e. The maximum absolute atomic E-state index is 12.4. The molecule has 1 heterocycles. The van der Waals surface area contributed by atoms with E-state index in [4.69, 9.17) is 0 Å². The van der Waals surface area contributed by atoms with Gasteiger partial charge in [0.2, 0.25) is 5.91 Å². The zero-order valence-electron chi connectivity index (χ0n) is 12.3. The number of aliphatic hydroxyl groups is 1. The molecule has 0 aliphatic carbocycles. The van der Waals surface area contributed by atoms with Gasteiger partial charge in [0.05, 0.1) is 24.1 Å². The Morgan fingerprint density at radius 3 is 2.78 bits per heavy atom. The van der Waals surface area contributed by atoms with Gasteiger partial charge in [-0.1, -0.05) is 30.3 Å². The molecule has 2 aromatic rings. The van der Waals surface area contributed by atoms with E-state index < -0.39 is 6.04 Å². The van der Waals surface area contributed by atoms with Gasteiger partial charge >= 0.3 is 0 Å². The Morgan fingerprint density at radius 1 is 1.26 bits per heavy atom. The van der Waals surface area contributed by atoms with Crippen molar-refractivity contribution < 1.29 is 14.7 Å². The van der Waals surface area contributed by atoms with E-state index in [1.165, 1.54) is 11.8 Å². The molecule has 0 saturated heterocycles. The molecule has 0 aromatic heterocycles. The highest BCUT2D eigenvalue weighted by atomic mass is 32.2. The SMILES string of the molecule is O=C1CSc2ccc(C(=O)N[C@H](CO)c3ccccc3)cc2N1. The fourth-order valence-electron chi connectivity index (χ4n) is 2.39. The van der Waals surface area contributed by atoms with E-state index in [1.807, 2.05) is 36.4 Å². The second kappa shape index (κ2) is 6.85. The number of nitrogens with one attached hydrogen (secondary N) is 2. The molecule has 0 spiro atoms. The van der Waals surface area contributed by atoms with Crippen LogP contribution in [0.2, 0.25) is 0 Å². The third-order valence-corrected chi connectivity index (χ3v) is 4.64. The Bertz CT molecular complexity index is 734. The lowest BCUT2D eigenvalue weighted by molar-refractivity contribution is -0.113. The van der Waals surface area contributed by atoms with Gasteiger partial charge in [-0.3, -0.25) is 9.59 Å². The Hall–Kier alpha value is -2.31. The van der Waals surface area contributed by atoms with Gasteiger partial charge in [0.1, 0.15) is 0 Å². The minimum absolute atomic E-state index is 0.0717. The molecule has 0 fully saturated rings. The van der Waals surface area contributed by atoms with Crippen LogP contribution in [-0.2, 0) is 4.79 Å². The average Bonchev–Trinajstić information content (AvgIpc) is 2.59. The van der Waals surface area contributed by atoms with Crippen LogP contribution in [0, 0.1) is 0 Å². The van der Waals surface area contributed by atoms with Gasteiger partial charge in [-0.25, -0.2) is 0 Å². The predicted octanol–water partition coefficient (Wildman–Crippen LogP) is 2.19. The first-order valence-corrected chi connectivity index (χ1v) is 8.19. The standard InChI is InChI=1S/C17H16N2O3S/c20-9-14(11-4-2-1-3-5-11)19-17(22)12-6-7-15-13(8-12)18-16(21)10-23-15/h1-8,14,20H,9-10H2,(H,18,21)(H,19,22)/t14-/m1/s1. The van der Waals surface area contributed by atoms with Gasteiger partial charge in [0, 0.05) is 10.5 Å². The van der Waals surface area contributed by atoms with Crippen LogP contribution in [0.25, 0.3) is 0 Å². The van der Waals surface area contributed by atoms with E-state index in [0.717, 1.165) is 10.5 Å². The zero-order valence-corrected chi connectivity index (χ0v) is 13.1. The largest absolute Gasteiger partial charge is 0.394 e. The fraction of sp³-hybridized carbons (Fsp3) is 0.176. The Kier molecular flexibility index (Phi) is 4.64. The molecule has 2 aromatic carbocycles. The highest BCUT2D eigenvalue weighted by Gasteiger charge is 2.19. The summed E-state index contributed by atoms with van der Waals surface area (Å²) in [5.41, 5.74) is 1.94. The predicted molar refractivity (Wildman–Crippen MR) is 89.5 cm³/mol. The van der Waals surface area contributed by atoms with Crippen molar-refractivity contribution in [1.82, 2.24) is 5.32 Å². The summed E-state index contributed by atoms with van der Waals surface area (Å²) in [6, 6.07) is 14.0. The molecule has 23 heavy (non-hydrogen) atoms. The van der Waals surface area contributed by atoms with Crippen LogP contribution in [0.3, 0.4) is 0 Å². The molecule has 118 valence electrons. The van der Waals surface area contributed by atoms with Crippen LogP contribution in [0.5, 0.6) is 0 Å². The number of benzene rings is 2. The number of aliphatic hydroxyl groups excluding tert-OH is 1. The lowest BCUT2D eigenvalue weighted by Crippen LogP contribution is -2.31. The summed E-state index contributed by atoms with van der Waals surface area (Å²) in [6.07, 6.45) is 0. The summed E-state index contributed by atoms with van der Waals surface area (Å²) in [5, 5.41) is 15.1. The first-order chi connectivity index (χ1) is 11.2. The molecule has 0 unspecified atom stereocenters. The number of carbonyl (C=O) groups is 2. The highest BCUT2D eigenvalue weighted by molar-refractivity contribution is 8.00. The second-order valence-electron chi connectivity index (χ2n) is 5.17. The van der Waals surface area contributed by atoms with Crippen LogP contribution in [0.15, 0.2) is 53.4 Å². The number of thioether (sulfide) groups is 1. The van der Waals surface area contributed by atoms with Crippen LogP contribution in [0.4, 0.5) is 5.69 Å². The monoisotopic (exact) mass is 328 g/mol. The number of fused-ring (bicyclic) bond motifs is 1. The molecule has 5 nitrogen and oxygen atoms in total. The first-order valence-electron chi connectivity index (χ1n) is 7.21. The summed E-state index contributed by atoms with van der Waals surface area (Å²) >= 11 is 1.45. The quantitative estimate of drug-likeness (QED) is 0.804. The van der Waals surface area contributed by atoms with E-state index in [2.05, 4.69) is 10.6 Å². The van der Waals surface area contributed by atoms with Gasteiger partial charge in [0.15, 0.2) is 0 Å². The van der Waals surface area contributed by atoms with Gasteiger partial charge in [-0.15, -0.1) is 11.8 Å². The molecule has 0 bridgehead atoms. The van der Waals surface area contributed by atoms with Crippen molar-refractivity contribution in [1.29, 1.82) is 0 Å². The highest BCUT2D eigenvalue weighted by Crippen LogP contribution is 2.32. The van der Waals surface area contributed by atoms with E-state index in [0.29, 0.717) is 17.0 Å². The van der Waals surface area contributed by atoms with E-state index >= 15 is 0 Å². The summed E-state index contributed by atoms with van der Waals surface area (Å²) in [7, 11) is 0. The van der Waals surface area contributed by atoms with Gasteiger partial charge in [-0.05, 0) is 23.8 Å². The zero-order chi connectivity index (χ0) is 16.2. The van der Waals surface area contributed by atoms with Crippen molar-refractivity contribution in [3.63, 3.8) is 0 Å². The van der Waals surface area contributed by atoms with Crippen LogP contribution in [-0.4, -0.2) is 29.3 Å². The molecule has 1 aliphatic heterocycles. The topological polar surface area (TPSA) is 78.4 Å². The molecular formula is C17H16N2O3S. The van der Waals surface area contributed by atoms with E-state index in [-0.39, 0.29) is 18.4 Å². The molecule has 1 atom stereocenters. The van der Waals surface area contributed by atoms with Crippen molar-refractivity contribution in [3.8, 4) is 0 Å². The summed E-state index contributed by atoms with van der Waals surface area (Å²) in [4.78, 5) is 24.8. The van der Waals surface area contributed by atoms with Crippen LogP contribution >= 0.6 is 11.8 Å². The third kappa shape index (κ3) is 3.55. The molecule has 3 N–H and O–H groups in total. The third-order valence-electron chi connectivity index (χ3n) is 3.56. The molecule has 0 saturated carbocycles. The van der Waals surface area contributed by atoms with Gasteiger partial charge in [0.25, 0.3) is 5.91 Å². The van der Waals surface area contributed by atoms with E-state index in [9.17, 15) is 14.7 Å². The molecule has 3 rings (SSSR count). The first kappa shape index (κ1) is 15.6. The van der Waals surface area contributed by atoms with Crippen molar-refractivity contribution in [3.05, 3.63) is 59.7 Å². The molecule has 1 aliphatic rings. The number of hydrogen-bond acceptors (Lipinski definition) is 4. The minimum atomic E-state index is -0.469. The van der Waals surface area contributed by atoms with Gasteiger partial charge in [-0.2, -0.15) is 0 Å². The fourth-order valence-corrected chi connectivity index (χ4v) is 3.17. The second-order valence-corrected chi connectivity index (χ2v) is 6.18. The summed E-state index contributed by atoms with van der Waals surface area (Å²) < 4.78 is 0. The van der Waals surface area contributed by atoms with Crippen LogP contribution in [0.1, 0.15) is 22.0 Å².